The quantitative estimate of drug-likeness (QED) is 0.697. The Labute approximate surface area is 162 Å². The minimum atomic E-state index is -0.441. The standard InChI is InChI=1S/C12H19NO2.C9H15NO2/c1-4-11(14)13-10(7-9-5-6-9)8-15-12(13,2)3;1-2-9(12)10-8(6-11)5-7-3-4-7/h7,10H,4-6,8H2,1-3H3;5,8,11H,2-4,6H2,1H3,(H,10,12)/t10-;8-/m00/s1. The fraction of sp³-hybridized carbons (Fsp3) is 0.714. The van der Waals surface area contributed by atoms with Crippen molar-refractivity contribution < 1.29 is 19.4 Å². The Balaban J connectivity index is 0.000000199. The molecule has 0 aromatic carbocycles. The molecule has 2 N–H and O–H groups in total. The van der Waals surface area contributed by atoms with Crippen LogP contribution >= 0.6 is 0 Å². The van der Waals surface area contributed by atoms with Gasteiger partial charge in [-0.25, -0.2) is 0 Å². The summed E-state index contributed by atoms with van der Waals surface area (Å²) in [4.78, 5) is 24.7. The molecule has 0 aromatic rings. The van der Waals surface area contributed by atoms with E-state index in [1.165, 1.54) is 24.0 Å². The summed E-state index contributed by atoms with van der Waals surface area (Å²) in [7, 11) is 0. The third kappa shape index (κ3) is 6.78. The number of rotatable bonds is 6. The second-order valence-corrected chi connectivity index (χ2v) is 7.80. The largest absolute Gasteiger partial charge is 0.394 e. The van der Waals surface area contributed by atoms with Crippen molar-refractivity contribution >= 4 is 11.8 Å². The van der Waals surface area contributed by atoms with Crippen LogP contribution in [0.3, 0.4) is 0 Å². The van der Waals surface area contributed by atoms with Gasteiger partial charge in [-0.2, -0.15) is 0 Å². The molecule has 2 amide bonds. The zero-order valence-corrected chi connectivity index (χ0v) is 17.1. The molecule has 2 saturated carbocycles. The first kappa shape index (κ1) is 21.6. The van der Waals surface area contributed by atoms with Crippen LogP contribution in [0.2, 0.25) is 0 Å². The number of nitrogens with zero attached hydrogens (tertiary/aromatic N) is 1. The van der Waals surface area contributed by atoms with Crippen LogP contribution in [0.4, 0.5) is 0 Å². The van der Waals surface area contributed by atoms with Crippen LogP contribution in [0.15, 0.2) is 23.3 Å². The number of nitrogens with one attached hydrogen (secondary N) is 1. The Kier molecular flexibility index (Phi) is 7.62. The maximum absolute atomic E-state index is 11.9. The summed E-state index contributed by atoms with van der Waals surface area (Å²) in [5.74, 6) is 0.173. The first-order valence-corrected chi connectivity index (χ1v) is 10.1. The van der Waals surface area contributed by atoms with E-state index in [9.17, 15) is 9.59 Å². The number of hydrogen-bond donors (Lipinski definition) is 2. The van der Waals surface area contributed by atoms with Crippen LogP contribution in [0.25, 0.3) is 0 Å². The van der Waals surface area contributed by atoms with Crippen molar-refractivity contribution in [3.05, 3.63) is 23.3 Å². The van der Waals surface area contributed by atoms with Crippen molar-refractivity contribution in [2.24, 2.45) is 0 Å². The fourth-order valence-corrected chi connectivity index (χ4v) is 3.09. The molecule has 27 heavy (non-hydrogen) atoms. The van der Waals surface area contributed by atoms with Gasteiger partial charge in [-0.1, -0.05) is 37.1 Å². The van der Waals surface area contributed by atoms with Crippen molar-refractivity contribution in [2.45, 2.75) is 84.0 Å². The van der Waals surface area contributed by atoms with Gasteiger partial charge in [0.2, 0.25) is 11.8 Å². The molecule has 3 rings (SSSR count). The predicted octanol–water partition coefficient (Wildman–Crippen LogP) is 2.67. The second-order valence-electron chi connectivity index (χ2n) is 7.80. The van der Waals surface area contributed by atoms with Crippen LogP contribution in [0.5, 0.6) is 0 Å². The fourth-order valence-electron chi connectivity index (χ4n) is 3.09. The normalized spacial score (nSPS) is 23.1. The van der Waals surface area contributed by atoms with Crippen molar-refractivity contribution in [3.63, 3.8) is 0 Å². The number of amides is 2. The van der Waals surface area contributed by atoms with Crippen LogP contribution in [-0.2, 0) is 14.3 Å². The molecule has 0 aromatic heterocycles. The van der Waals surface area contributed by atoms with E-state index in [-0.39, 0.29) is 30.5 Å². The molecule has 6 nitrogen and oxygen atoms in total. The van der Waals surface area contributed by atoms with Gasteiger partial charge in [-0.15, -0.1) is 0 Å². The van der Waals surface area contributed by atoms with Crippen LogP contribution in [0.1, 0.15) is 66.2 Å². The molecule has 3 aliphatic rings. The third-order valence-corrected chi connectivity index (χ3v) is 4.90. The van der Waals surface area contributed by atoms with E-state index in [0.29, 0.717) is 19.4 Å². The van der Waals surface area contributed by atoms with Crippen molar-refractivity contribution in [2.75, 3.05) is 13.2 Å². The minimum Gasteiger partial charge on any atom is -0.394 e. The minimum absolute atomic E-state index is 0.00472. The summed E-state index contributed by atoms with van der Waals surface area (Å²) in [6.07, 6.45) is 9.83. The molecule has 1 heterocycles. The highest BCUT2D eigenvalue weighted by Gasteiger charge is 2.42. The molecular formula is C21H34N2O4. The highest BCUT2D eigenvalue weighted by atomic mass is 16.5. The lowest BCUT2D eigenvalue weighted by Gasteiger charge is -2.32. The Morgan fingerprint density at radius 3 is 2.33 bits per heavy atom. The van der Waals surface area contributed by atoms with Crippen LogP contribution in [0, 0.1) is 0 Å². The molecule has 2 atom stereocenters. The molecular weight excluding hydrogens is 344 g/mol. The van der Waals surface area contributed by atoms with E-state index in [1.54, 1.807) is 6.92 Å². The van der Waals surface area contributed by atoms with Gasteiger partial charge in [0.05, 0.1) is 25.3 Å². The zero-order chi connectivity index (χ0) is 20.0. The van der Waals surface area contributed by atoms with Gasteiger partial charge in [0.25, 0.3) is 0 Å². The average molecular weight is 379 g/mol. The summed E-state index contributed by atoms with van der Waals surface area (Å²) in [5, 5.41) is 11.6. The molecule has 1 aliphatic heterocycles. The van der Waals surface area contributed by atoms with Gasteiger partial charge in [0, 0.05) is 12.8 Å². The number of aliphatic hydroxyl groups is 1. The number of carbonyl (C=O) groups excluding carboxylic acids is 2. The maximum atomic E-state index is 11.9. The van der Waals surface area contributed by atoms with Gasteiger partial charge < -0.3 is 20.1 Å². The molecule has 152 valence electrons. The lowest BCUT2D eigenvalue weighted by Crippen LogP contribution is -2.47. The number of aliphatic hydroxyl groups excluding tert-OH is 1. The highest BCUT2D eigenvalue weighted by Crippen LogP contribution is 2.34. The maximum Gasteiger partial charge on any atom is 0.225 e. The first-order valence-electron chi connectivity index (χ1n) is 10.1. The van der Waals surface area contributed by atoms with E-state index in [4.69, 9.17) is 9.84 Å². The molecule has 2 aliphatic carbocycles. The summed E-state index contributed by atoms with van der Waals surface area (Å²) >= 11 is 0. The summed E-state index contributed by atoms with van der Waals surface area (Å²) in [6.45, 7) is 8.27. The van der Waals surface area contributed by atoms with Crippen LogP contribution < -0.4 is 5.32 Å². The van der Waals surface area contributed by atoms with E-state index in [0.717, 1.165) is 12.8 Å². The molecule has 1 saturated heterocycles. The molecule has 0 radical (unpaired) electrons. The van der Waals surface area contributed by atoms with Gasteiger partial charge in [-0.3, -0.25) is 9.59 Å². The average Bonchev–Trinajstić information content (AvgIpc) is 3.55. The molecule has 3 fully saturated rings. The van der Waals surface area contributed by atoms with Crippen molar-refractivity contribution in [3.8, 4) is 0 Å². The predicted molar refractivity (Wildman–Crippen MR) is 105 cm³/mol. The summed E-state index contributed by atoms with van der Waals surface area (Å²) in [5.41, 5.74) is 2.37. The lowest BCUT2D eigenvalue weighted by molar-refractivity contribution is -0.144. The van der Waals surface area contributed by atoms with Crippen molar-refractivity contribution in [1.29, 1.82) is 0 Å². The molecule has 0 unspecified atom stereocenters. The van der Waals surface area contributed by atoms with Gasteiger partial charge in [0.15, 0.2) is 0 Å². The number of carbonyl (C=O) groups is 2. The Bertz CT molecular complexity index is 597. The topological polar surface area (TPSA) is 78.9 Å². The smallest absolute Gasteiger partial charge is 0.225 e. The summed E-state index contributed by atoms with van der Waals surface area (Å²) < 4.78 is 5.68. The monoisotopic (exact) mass is 378 g/mol. The van der Waals surface area contributed by atoms with E-state index < -0.39 is 5.72 Å². The lowest BCUT2D eigenvalue weighted by atomic mass is 10.1. The Morgan fingerprint density at radius 2 is 1.85 bits per heavy atom. The Morgan fingerprint density at radius 1 is 1.22 bits per heavy atom. The highest BCUT2D eigenvalue weighted by molar-refractivity contribution is 5.77. The molecule has 0 spiro atoms. The van der Waals surface area contributed by atoms with Gasteiger partial charge in [-0.05, 0) is 39.5 Å². The Hall–Kier alpha value is -1.66. The van der Waals surface area contributed by atoms with Crippen LogP contribution in [-0.4, -0.2) is 52.8 Å². The number of ether oxygens (including phenoxy) is 1. The molecule has 0 bridgehead atoms. The number of hydrogen-bond acceptors (Lipinski definition) is 4. The second kappa shape index (κ2) is 9.51. The third-order valence-electron chi connectivity index (χ3n) is 4.90. The van der Waals surface area contributed by atoms with Gasteiger partial charge in [0.1, 0.15) is 5.72 Å². The summed E-state index contributed by atoms with van der Waals surface area (Å²) in [6, 6.07) is -0.0140. The van der Waals surface area contributed by atoms with Crippen molar-refractivity contribution in [1.82, 2.24) is 10.2 Å². The first-order chi connectivity index (χ1) is 12.8. The van der Waals surface area contributed by atoms with E-state index in [1.807, 2.05) is 31.7 Å². The zero-order valence-electron chi connectivity index (χ0n) is 17.1. The SMILES string of the molecule is CCC(=O)N1[C@@H](C=C2CC2)COC1(C)C.CCC(=O)N[C@@H](C=C1CC1)CO. The van der Waals surface area contributed by atoms with E-state index >= 15 is 0 Å². The molecule has 6 heteroatoms. The van der Waals surface area contributed by atoms with E-state index in [2.05, 4.69) is 11.4 Å². The van der Waals surface area contributed by atoms with Gasteiger partial charge >= 0.3 is 0 Å². The number of allylic oxidation sites excluding steroid dienone is 2.